The standard InChI is InChI=1S/C16H18N6O7S/c1-7(23)29-5-8-3-21-4-9(14(25)22(21)12(8)15(26)27)18-13(24)11(20-28-2)10-6-30-16(17)19-10/h6,9H,3-5H2,1-2H3,(H2,17,19)(H,18,24)(H,26,27)/b20-11-/t9-/m0/s1. The second-order valence-electron chi connectivity index (χ2n) is 6.25. The van der Waals surface area contributed by atoms with Gasteiger partial charge in [0.15, 0.2) is 10.8 Å². The molecule has 4 N–H and O–H groups in total. The third-order valence-corrected chi connectivity index (χ3v) is 4.90. The van der Waals surface area contributed by atoms with Gasteiger partial charge in [0, 0.05) is 31.0 Å². The highest BCUT2D eigenvalue weighted by molar-refractivity contribution is 7.13. The van der Waals surface area contributed by atoms with E-state index in [1.165, 1.54) is 24.4 Å². The highest BCUT2D eigenvalue weighted by Gasteiger charge is 2.48. The molecule has 0 aliphatic carbocycles. The minimum atomic E-state index is -1.35. The van der Waals surface area contributed by atoms with Crippen molar-refractivity contribution in [3.8, 4) is 0 Å². The number of rotatable bonds is 7. The number of carbonyl (C=O) groups excluding carboxylic acids is 3. The molecule has 1 aromatic heterocycles. The van der Waals surface area contributed by atoms with Gasteiger partial charge in [-0.25, -0.2) is 19.8 Å². The molecule has 3 heterocycles. The van der Waals surface area contributed by atoms with Crippen LogP contribution < -0.4 is 11.1 Å². The van der Waals surface area contributed by atoms with Crippen LogP contribution in [0.2, 0.25) is 0 Å². The number of fused-ring (bicyclic) bond motifs is 1. The minimum absolute atomic E-state index is 0.0182. The van der Waals surface area contributed by atoms with Crippen LogP contribution in [0.15, 0.2) is 21.8 Å². The van der Waals surface area contributed by atoms with E-state index in [4.69, 9.17) is 10.5 Å². The van der Waals surface area contributed by atoms with Gasteiger partial charge in [-0.2, -0.15) is 0 Å². The van der Waals surface area contributed by atoms with Crippen molar-refractivity contribution in [1.82, 2.24) is 20.3 Å². The number of ether oxygens (including phenoxy) is 1. The van der Waals surface area contributed by atoms with E-state index in [9.17, 15) is 24.3 Å². The number of carbonyl (C=O) groups is 4. The third kappa shape index (κ3) is 4.08. The average Bonchev–Trinajstić information content (AvgIpc) is 3.33. The van der Waals surface area contributed by atoms with Gasteiger partial charge >= 0.3 is 11.9 Å². The lowest BCUT2D eigenvalue weighted by molar-refractivity contribution is -0.143. The van der Waals surface area contributed by atoms with Gasteiger partial charge in [0.2, 0.25) is 0 Å². The van der Waals surface area contributed by atoms with Gasteiger partial charge in [-0.15, -0.1) is 11.3 Å². The summed E-state index contributed by atoms with van der Waals surface area (Å²) in [7, 11) is 1.25. The number of carboxylic acids is 1. The maximum absolute atomic E-state index is 12.8. The summed E-state index contributed by atoms with van der Waals surface area (Å²) in [6.45, 7) is 1.03. The molecule has 1 saturated heterocycles. The number of aliphatic carboxylic acids is 1. The molecule has 2 amide bonds. The van der Waals surface area contributed by atoms with Gasteiger partial charge in [-0.3, -0.25) is 14.4 Å². The fraction of sp³-hybridized carbons (Fsp3) is 0.375. The zero-order valence-corrected chi connectivity index (χ0v) is 16.8. The SMILES string of the molecule is CO/N=C(\C(=O)N[C@H]1CN2CC(COC(C)=O)=C(C(=O)O)N2C1=O)c1csc(N)n1. The molecule has 0 bridgehead atoms. The number of nitrogens with two attached hydrogens (primary N) is 1. The van der Waals surface area contributed by atoms with Gasteiger partial charge < -0.3 is 25.7 Å². The van der Waals surface area contributed by atoms with Gasteiger partial charge in [-0.1, -0.05) is 5.16 Å². The maximum Gasteiger partial charge on any atom is 0.354 e. The predicted molar refractivity (Wildman–Crippen MR) is 102 cm³/mol. The van der Waals surface area contributed by atoms with E-state index in [-0.39, 0.29) is 47.5 Å². The van der Waals surface area contributed by atoms with Crippen molar-refractivity contribution in [3.05, 3.63) is 22.3 Å². The Hall–Kier alpha value is -3.52. The van der Waals surface area contributed by atoms with Gasteiger partial charge in [-0.05, 0) is 0 Å². The largest absolute Gasteiger partial charge is 0.477 e. The lowest BCUT2D eigenvalue weighted by Crippen LogP contribution is -2.46. The van der Waals surface area contributed by atoms with Crippen molar-refractivity contribution >= 4 is 45.9 Å². The van der Waals surface area contributed by atoms with Crippen LogP contribution in [0.1, 0.15) is 12.6 Å². The van der Waals surface area contributed by atoms with E-state index >= 15 is 0 Å². The van der Waals surface area contributed by atoms with E-state index in [1.807, 2.05) is 0 Å². The van der Waals surface area contributed by atoms with E-state index in [0.717, 1.165) is 16.3 Å². The maximum atomic E-state index is 12.8. The number of anilines is 1. The van der Waals surface area contributed by atoms with E-state index < -0.39 is 29.8 Å². The Balaban J connectivity index is 1.77. The molecule has 1 fully saturated rings. The molecule has 2 aliphatic heterocycles. The van der Waals surface area contributed by atoms with E-state index in [0.29, 0.717) is 0 Å². The summed E-state index contributed by atoms with van der Waals surface area (Å²) < 4.78 is 4.87. The zero-order chi connectivity index (χ0) is 22.0. The van der Waals surface area contributed by atoms with E-state index in [1.54, 1.807) is 0 Å². The lowest BCUT2D eigenvalue weighted by atomic mass is 10.2. The molecule has 0 radical (unpaired) electrons. The smallest absolute Gasteiger partial charge is 0.354 e. The molecule has 0 unspecified atom stereocenters. The Kier molecular flexibility index (Phi) is 5.98. The van der Waals surface area contributed by atoms with Crippen molar-refractivity contribution in [2.24, 2.45) is 5.16 Å². The number of carboxylic acid groups (broad SMARTS) is 1. The first kappa shape index (κ1) is 21.2. The van der Waals surface area contributed by atoms with Crippen molar-refractivity contribution in [3.63, 3.8) is 0 Å². The summed E-state index contributed by atoms with van der Waals surface area (Å²) >= 11 is 1.10. The van der Waals surface area contributed by atoms with Crippen LogP contribution in [0.5, 0.6) is 0 Å². The highest BCUT2D eigenvalue weighted by Crippen LogP contribution is 2.29. The monoisotopic (exact) mass is 438 g/mol. The third-order valence-electron chi connectivity index (χ3n) is 4.22. The quantitative estimate of drug-likeness (QED) is 0.259. The Bertz CT molecular complexity index is 971. The van der Waals surface area contributed by atoms with Crippen molar-refractivity contribution in [2.75, 3.05) is 32.5 Å². The van der Waals surface area contributed by atoms with Gasteiger partial charge in [0.25, 0.3) is 11.8 Å². The fourth-order valence-electron chi connectivity index (χ4n) is 3.06. The number of thiazole rings is 1. The number of oxime groups is 1. The molecule has 0 spiro atoms. The summed E-state index contributed by atoms with van der Waals surface area (Å²) in [6, 6.07) is -1.03. The molecule has 14 heteroatoms. The number of hydrogen-bond acceptors (Lipinski definition) is 11. The Morgan fingerprint density at radius 2 is 2.20 bits per heavy atom. The number of nitrogens with zero attached hydrogens (tertiary/aromatic N) is 4. The van der Waals surface area contributed by atoms with Gasteiger partial charge in [0.1, 0.15) is 31.1 Å². The number of hydrogen-bond donors (Lipinski definition) is 3. The summed E-state index contributed by atoms with van der Waals surface area (Å²) in [5, 5.41) is 19.8. The lowest BCUT2D eigenvalue weighted by Gasteiger charge is -2.19. The molecular formula is C16H18N6O7S. The second-order valence-corrected chi connectivity index (χ2v) is 7.14. The summed E-state index contributed by atoms with van der Waals surface area (Å²) in [5.74, 6) is -3.30. The number of aromatic nitrogens is 1. The minimum Gasteiger partial charge on any atom is -0.477 e. The Morgan fingerprint density at radius 3 is 2.77 bits per heavy atom. The molecule has 2 aliphatic rings. The van der Waals surface area contributed by atoms with Crippen molar-refractivity contribution < 1.29 is 33.9 Å². The van der Waals surface area contributed by atoms with Crippen molar-refractivity contribution in [2.45, 2.75) is 13.0 Å². The zero-order valence-electron chi connectivity index (χ0n) is 15.9. The molecule has 0 saturated carbocycles. The predicted octanol–water partition coefficient (Wildman–Crippen LogP) is -1.46. The first-order valence-corrected chi connectivity index (χ1v) is 9.41. The summed E-state index contributed by atoms with van der Waals surface area (Å²) in [6.07, 6.45) is 0. The molecule has 1 aromatic rings. The number of nitrogen functional groups attached to an aromatic ring is 1. The first-order valence-electron chi connectivity index (χ1n) is 8.53. The van der Waals surface area contributed by atoms with Crippen molar-refractivity contribution in [1.29, 1.82) is 0 Å². The van der Waals surface area contributed by atoms with Crippen LogP contribution in [0, 0.1) is 0 Å². The molecule has 160 valence electrons. The number of amides is 2. The molecule has 3 rings (SSSR count). The number of nitrogens with one attached hydrogen (secondary N) is 1. The Morgan fingerprint density at radius 1 is 1.47 bits per heavy atom. The summed E-state index contributed by atoms with van der Waals surface area (Å²) in [4.78, 5) is 56.8. The molecule has 1 atom stereocenters. The number of hydrazine groups is 1. The molecule has 0 aromatic carbocycles. The topological polar surface area (TPSA) is 177 Å². The van der Waals surface area contributed by atoms with Gasteiger partial charge in [0.05, 0.1) is 0 Å². The van der Waals surface area contributed by atoms with Crippen LogP contribution >= 0.6 is 11.3 Å². The summed E-state index contributed by atoms with van der Waals surface area (Å²) in [5.41, 5.74) is 5.56. The second kappa shape index (κ2) is 8.46. The van der Waals surface area contributed by atoms with E-state index in [2.05, 4.69) is 20.3 Å². The number of esters is 1. The van der Waals surface area contributed by atoms with Crippen LogP contribution in [0.3, 0.4) is 0 Å². The molecule has 13 nitrogen and oxygen atoms in total. The fourth-order valence-corrected chi connectivity index (χ4v) is 3.61. The van der Waals surface area contributed by atoms with Crippen LogP contribution in [-0.4, -0.2) is 82.4 Å². The highest BCUT2D eigenvalue weighted by atomic mass is 32.1. The molecule has 30 heavy (non-hydrogen) atoms. The first-order chi connectivity index (χ1) is 14.2. The molecular weight excluding hydrogens is 420 g/mol. The normalized spacial score (nSPS) is 19.1. The van der Waals surface area contributed by atoms with Crippen LogP contribution in [-0.2, 0) is 28.8 Å². The Labute approximate surface area is 173 Å². The van der Waals surface area contributed by atoms with Crippen LogP contribution in [0.4, 0.5) is 5.13 Å². The average molecular weight is 438 g/mol. The van der Waals surface area contributed by atoms with Crippen LogP contribution in [0.25, 0.3) is 0 Å².